The molecule has 2 aromatic heterocycles. The van der Waals surface area contributed by atoms with Crippen molar-refractivity contribution in [1.82, 2.24) is 38.9 Å². The number of rotatable bonds is 12. The van der Waals surface area contributed by atoms with Crippen LogP contribution in [0.4, 0.5) is 26.0 Å². The van der Waals surface area contributed by atoms with Gasteiger partial charge < -0.3 is 19.4 Å². The summed E-state index contributed by atoms with van der Waals surface area (Å²) in [5, 5.41) is 12.3. The molecule has 8 heterocycles. The molecule has 2 N–H and O–H groups in total. The van der Waals surface area contributed by atoms with Crippen molar-refractivity contribution in [2.45, 2.75) is 50.4 Å². The van der Waals surface area contributed by atoms with Crippen molar-refractivity contribution < 1.29 is 41.1 Å². The molecule has 5 saturated heterocycles. The number of piperazine rings is 1. The van der Waals surface area contributed by atoms with E-state index in [-0.39, 0.29) is 54.7 Å². The molecule has 3 aromatic carbocycles. The molecular weight excluding hydrogens is 967 g/mol. The highest BCUT2D eigenvalue weighted by Crippen LogP contribution is 2.36. The zero-order valence-electron chi connectivity index (χ0n) is 39.5. The van der Waals surface area contributed by atoms with E-state index in [2.05, 4.69) is 39.6 Å². The number of halogens is 2. The second-order valence-electron chi connectivity index (χ2n) is 19.3. The molecular formula is C50H50F2N12O8S. The van der Waals surface area contributed by atoms with Gasteiger partial charge in [-0.3, -0.25) is 48.4 Å². The minimum absolute atomic E-state index is 0.00172. The summed E-state index contributed by atoms with van der Waals surface area (Å²) in [5.41, 5.74) is 1.12. The van der Waals surface area contributed by atoms with E-state index in [4.69, 9.17) is 4.74 Å². The van der Waals surface area contributed by atoms with E-state index < -0.39 is 68.7 Å². The predicted octanol–water partition coefficient (Wildman–Crippen LogP) is 3.41. The second-order valence-corrected chi connectivity index (χ2v) is 21.0. The van der Waals surface area contributed by atoms with Crippen molar-refractivity contribution in [2.75, 3.05) is 86.5 Å². The third kappa shape index (κ3) is 9.23. The summed E-state index contributed by atoms with van der Waals surface area (Å²) in [6, 6.07) is 16.6. The van der Waals surface area contributed by atoms with Gasteiger partial charge in [-0.25, -0.2) is 18.7 Å². The number of nitrogens with one attached hydrogen (secondary N) is 2. The maximum Gasteiger partial charge on any atom is 0.301 e. The average molecular weight is 1020 g/mol. The highest BCUT2D eigenvalue weighted by Gasteiger charge is 2.45. The highest BCUT2D eigenvalue weighted by atomic mass is 32.2. The van der Waals surface area contributed by atoms with Crippen LogP contribution >= 0.6 is 0 Å². The van der Waals surface area contributed by atoms with Gasteiger partial charge in [0.2, 0.25) is 11.8 Å². The number of piperidine rings is 2. The number of hydrogen-bond donors (Lipinski definition) is 2. The minimum Gasteiger partial charge on any atom is -0.453 e. The number of carbonyl (C=O) groups excluding carboxylic acids is 4. The Bertz CT molecular complexity index is 3280. The summed E-state index contributed by atoms with van der Waals surface area (Å²) >= 11 is 0. The molecule has 5 aromatic rings. The molecule has 20 nitrogen and oxygen atoms in total. The molecule has 1 unspecified atom stereocenters. The van der Waals surface area contributed by atoms with Gasteiger partial charge in [0.1, 0.15) is 41.7 Å². The maximum absolute atomic E-state index is 15.2. The van der Waals surface area contributed by atoms with Crippen LogP contribution in [0.25, 0.3) is 16.6 Å². The lowest BCUT2D eigenvalue weighted by Gasteiger charge is -2.46. The van der Waals surface area contributed by atoms with E-state index in [1.807, 2.05) is 12.1 Å². The van der Waals surface area contributed by atoms with Gasteiger partial charge in [-0.1, -0.05) is 0 Å². The number of nitriles is 1. The number of aromatic nitrogens is 3. The molecule has 6 aliphatic heterocycles. The van der Waals surface area contributed by atoms with Crippen LogP contribution in [0.1, 0.15) is 58.4 Å². The fourth-order valence-corrected chi connectivity index (χ4v) is 12.1. The molecule has 73 heavy (non-hydrogen) atoms. The number of amides is 4. The molecule has 0 radical (unpaired) electrons. The Labute approximate surface area is 417 Å². The minimum atomic E-state index is -4.25. The number of imide groups is 2. The van der Waals surface area contributed by atoms with Crippen LogP contribution < -0.4 is 30.1 Å². The summed E-state index contributed by atoms with van der Waals surface area (Å²) in [6.07, 6.45) is 3.86. The zero-order chi connectivity index (χ0) is 50.7. The Hall–Kier alpha value is -7.39. The number of fused-ring (bicyclic) bond motifs is 2. The number of carbonyl (C=O) groups is 4. The molecule has 6 aliphatic rings. The summed E-state index contributed by atoms with van der Waals surface area (Å²) in [6.45, 7) is 7.86. The lowest BCUT2D eigenvalue weighted by atomic mass is 9.98. The first-order valence-corrected chi connectivity index (χ1v) is 25.8. The van der Waals surface area contributed by atoms with Gasteiger partial charge in [0.25, 0.3) is 17.4 Å². The average Bonchev–Trinajstić information content (AvgIpc) is 3.94. The van der Waals surface area contributed by atoms with Crippen LogP contribution in [0.15, 0.2) is 78.0 Å². The van der Waals surface area contributed by atoms with Gasteiger partial charge in [-0.05, 0) is 86.3 Å². The quantitative estimate of drug-likeness (QED) is 0.171. The number of hydrogen-bond acceptors (Lipinski definition) is 15. The largest absolute Gasteiger partial charge is 0.453 e. The Kier molecular flexibility index (Phi) is 12.6. The van der Waals surface area contributed by atoms with Gasteiger partial charge in [0, 0.05) is 96.1 Å². The Morgan fingerprint density at radius 2 is 1.58 bits per heavy atom. The van der Waals surface area contributed by atoms with Gasteiger partial charge in [-0.2, -0.15) is 18.0 Å². The van der Waals surface area contributed by atoms with Gasteiger partial charge >= 0.3 is 10.2 Å². The first-order valence-electron chi connectivity index (χ1n) is 24.3. The molecule has 378 valence electrons. The number of benzene rings is 3. The normalized spacial score (nSPS) is 21.6. The number of ether oxygens (including phenoxy) is 1. The Morgan fingerprint density at radius 1 is 0.808 bits per heavy atom. The second kappa shape index (κ2) is 19.2. The van der Waals surface area contributed by atoms with Gasteiger partial charge in [-0.15, -0.1) is 0 Å². The number of pyridine rings is 1. The number of nitrogens with zero attached hydrogens (tertiary/aromatic N) is 10. The first-order chi connectivity index (χ1) is 35.2. The van der Waals surface area contributed by atoms with Crippen LogP contribution in [-0.4, -0.2) is 156 Å². The summed E-state index contributed by atoms with van der Waals surface area (Å²) in [7, 11) is -4.25. The molecule has 4 amide bonds. The standard InChI is InChI=1S/C50H50F2N12O8S/c51-31-11-16-62(28-31)73(70,71)57-42-7-5-40(52)46(39(42)23-53)72-35-3-6-41-38(22-35)48(67)63(29-55-41)34-2-9-44(54-24-34)61-26-30(27-61)25-58-17-19-60(20-18-58)32-12-14-59(15-13-32)33-1-4-36-37(21-33)50(69)64(49(36)68)43-8-10-45(65)56-47(43)66/h1-7,9,21-22,24,29-32,43,57H,8,10-20,25-28H2,(H,56,65,66)/t31-,43?/m1/s1. The SMILES string of the molecule is N#Cc1c(NS(=O)(=O)N2CC[C@@H](F)C2)ccc(F)c1Oc1ccc2ncn(-c3ccc(N4CC(CN5CCN(C6CCN(c7ccc8c(c7)C(=O)N(C7CCC(=O)NC7=O)C8=O)CC6)CC5)C4)nc3)c(=O)c2c1. The van der Waals surface area contributed by atoms with Crippen LogP contribution in [-0.2, 0) is 19.8 Å². The van der Waals surface area contributed by atoms with Crippen LogP contribution in [0, 0.1) is 23.1 Å². The molecule has 0 saturated carbocycles. The van der Waals surface area contributed by atoms with E-state index >= 15 is 4.39 Å². The maximum atomic E-state index is 15.2. The lowest BCUT2D eigenvalue weighted by molar-refractivity contribution is -0.136. The monoisotopic (exact) mass is 1020 g/mol. The highest BCUT2D eigenvalue weighted by molar-refractivity contribution is 7.90. The van der Waals surface area contributed by atoms with Crippen LogP contribution in [0.2, 0.25) is 0 Å². The van der Waals surface area contributed by atoms with E-state index in [0.717, 1.165) is 105 Å². The van der Waals surface area contributed by atoms with Crippen LogP contribution in [0.5, 0.6) is 11.5 Å². The van der Waals surface area contributed by atoms with Gasteiger partial charge in [0.15, 0.2) is 11.6 Å². The van der Waals surface area contributed by atoms with E-state index in [9.17, 15) is 42.0 Å². The lowest BCUT2D eigenvalue weighted by Crippen LogP contribution is -2.57. The summed E-state index contributed by atoms with van der Waals surface area (Å²) < 4.78 is 65.1. The summed E-state index contributed by atoms with van der Waals surface area (Å²) in [4.78, 5) is 84.2. The molecule has 0 spiro atoms. The number of anilines is 3. The van der Waals surface area contributed by atoms with Crippen LogP contribution in [0.3, 0.4) is 0 Å². The van der Waals surface area contributed by atoms with E-state index in [1.165, 1.54) is 29.1 Å². The molecule has 0 bridgehead atoms. The zero-order valence-corrected chi connectivity index (χ0v) is 40.3. The van der Waals surface area contributed by atoms with Crippen molar-refractivity contribution in [2.24, 2.45) is 5.92 Å². The summed E-state index contributed by atoms with van der Waals surface area (Å²) in [5.74, 6) is -2.27. The van der Waals surface area contributed by atoms with Crippen molar-refractivity contribution >= 4 is 61.9 Å². The van der Waals surface area contributed by atoms with Crippen molar-refractivity contribution in [3.05, 3.63) is 106 Å². The molecule has 11 rings (SSSR count). The molecule has 0 aliphatic carbocycles. The molecule has 5 fully saturated rings. The predicted molar refractivity (Wildman–Crippen MR) is 262 cm³/mol. The first kappa shape index (κ1) is 47.9. The van der Waals surface area contributed by atoms with Crippen molar-refractivity contribution in [3.8, 4) is 23.3 Å². The van der Waals surface area contributed by atoms with E-state index in [1.54, 1.807) is 30.5 Å². The smallest absolute Gasteiger partial charge is 0.301 e. The third-order valence-electron chi connectivity index (χ3n) is 14.8. The fourth-order valence-electron chi connectivity index (χ4n) is 10.8. The van der Waals surface area contributed by atoms with E-state index in [0.29, 0.717) is 28.7 Å². The topological polar surface area (TPSA) is 227 Å². The Morgan fingerprint density at radius 3 is 2.29 bits per heavy atom. The Balaban J connectivity index is 0.654. The fraction of sp³-hybridized carbons (Fsp3) is 0.400. The van der Waals surface area contributed by atoms with Crippen molar-refractivity contribution in [1.29, 1.82) is 5.26 Å². The van der Waals surface area contributed by atoms with Gasteiger partial charge in [0.05, 0.1) is 39.6 Å². The third-order valence-corrected chi connectivity index (χ3v) is 16.3. The van der Waals surface area contributed by atoms with Crippen molar-refractivity contribution in [3.63, 3.8) is 0 Å². The number of alkyl halides is 1. The molecule has 2 atom stereocenters. The molecule has 23 heteroatoms.